The molecule has 7 nitrogen and oxygen atoms in total. The zero-order chi connectivity index (χ0) is 16.2. The number of rotatable bonds is 4. The van der Waals surface area contributed by atoms with Gasteiger partial charge in [0, 0.05) is 11.4 Å². The van der Waals surface area contributed by atoms with Crippen LogP contribution in [0.3, 0.4) is 0 Å². The van der Waals surface area contributed by atoms with Crippen LogP contribution in [0.25, 0.3) is 0 Å². The molecule has 2 amide bonds. The Labute approximate surface area is 128 Å². The summed E-state index contributed by atoms with van der Waals surface area (Å²) in [6, 6.07) is 11.9. The van der Waals surface area contributed by atoms with Gasteiger partial charge < -0.3 is 15.4 Å². The van der Waals surface area contributed by atoms with Crippen LogP contribution in [0.2, 0.25) is 0 Å². The van der Waals surface area contributed by atoms with Crippen molar-refractivity contribution in [1.29, 1.82) is 0 Å². The Morgan fingerprint density at radius 2 is 1.41 bits per heavy atom. The molecule has 0 aliphatic rings. The summed E-state index contributed by atoms with van der Waals surface area (Å²) in [7, 11) is -2.19. The van der Waals surface area contributed by atoms with Crippen LogP contribution in [0.5, 0.6) is 5.75 Å². The minimum Gasteiger partial charge on any atom is -0.497 e. The van der Waals surface area contributed by atoms with Crippen molar-refractivity contribution in [2.75, 3.05) is 17.7 Å². The summed E-state index contributed by atoms with van der Waals surface area (Å²) >= 11 is 0. The lowest BCUT2D eigenvalue weighted by Crippen LogP contribution is -2.19. The molecule has 2 aromatic carbocycles. The summed E-state index contributed by atoms with van der Waals surface area (Å²) in [4.78, 5) is 11.8. The first-order chi connectivity index (χ1) is 10.4. The van der Waals surface area contributed by atoms with E-state index in [1.807, 2.05) is 0 Å². The van der Waals surface area contributed by atoms with E-state index in [1.54, 1.807) is 31.4 Å². The number of amides is 2. The van der Waals surface area contributed by atoms with E-state index < -0.39 is 16.1 Å². The summed E-state index contributed by atoms with van der Waals surface area (Å²) in [6.07, 6.45) is 0. The van der Waals surface area contributed by atoms with Crippen molar-refractivity contribution in [1.82, 2.24) is 0 Å². The summed E-state index contributed by atoms with van der Waals surface area (Å²) in [5.74, 6) is 0.685. The SMILES string of the molecule is COc1ccc(NC(=O)Nc2ccc(S(N)(=O)=O)cc2)cc1. The topological polar surface area (TPSA) is 111 Å². The molecule has 0 aromatic heterocycles. The molecule has 0 spiro atoms. The predicted octanol–water partition coefficient (Wildman–Crippen LogP) is 1.99. The molecule has 0 unspecified atom stereocenters. The molecule has 22 heavy (non-hydrogen) atoms. The van der Waals surface area contributed by atoms with Crippen LogP contribution in [0.15, 0.2) is 53.4 Å². The normalized spacial score (nSPS) is 10.8. The Hall–Kier alpha value is -2.58. The molecule has 0 aliphatic heterocycles. The number of ether oxygens (including phenoxy) is 1. The van der Waals surface area contributed by atoms with Crippen molar-refractivity contribution in [2.45, 2.75) is 4.90 Å². The Morgan fingerprint density at radius 3 is 1.82 bits per heavy atom. The molecular formula is C14H15N3O4S. The zero-order valence-electron chi connectivity index (χ0n) is 11.7. The first-order valence-electron chi connectivity index (χ1n) is 6.23. The van der Waals surface area contributed by atoms with Crippen LogP contribution in [-0.2, 0) is 10.0 Å². The third-order valence-corrected chi connectivity index (χ3v) is 3.72. The number of sulfonamides is 1. The first-order valence-corrected chi connectivity index (χ1v) is 7.78. The lowest BCUT2D eigenvalue weighted by molar-refractivity contribution is 0.262. The molecule has 0 aliphatic carbocycles. The van der Waals surface area contributed by atoms with Crippen LogP contribution in [0.1, 0.15) is 0 Å². The number of primary sulfonamides is 1. The molecule has 0 saturated carbocycles. The zero-order valence-corrected chi connectivity index (χ0v) is 12.6. The Bertz CT molecular complexity index is 756. The highest BCUT2D eigenvalue weighted by atomic mass is 32.2. The first kappa shape index (κ1) is 15.8. The van der Waals surface area contributed by atoms with Crippen LogP contribution in [-0.4, -0.2) is 21.6 Å². The van der Waals surface area contributed by atoms with Gasteiger partial charge in [-0.3, -0.25) is 0 Å². The van der Waals surface area contributed by atoms with E-state index in [0.717, 1.165) is 0 Å². The van der Waals surface area contributed by atoms with Crippen LogP contribution in [0.4, 0.5) is 16.2 Å². The molecule has 0 bridgehead atoms. The van der Waals surface area contributed by atoms with Gasteiger partial charge in [0.25, 0.3) is 0 Å². The van der Waals surface area contributed by atoms with E-state index >= 15 is 0 Å². The third kappa shape index (κ3) is 4.21. The maximum atomic E-state index is 11.8. The van der Waals surface area contributed by atoms with Gasteiger partial charge in [-0.15, -0.1) is 0 Å². The number of methoxy groups -OCH3 is 1. The molecule has 116 valence electrons. The van der Waals surface area contributed by atoms with Crippen molar-refractivity contribution >= 4 is 27.4 Å². The molecule has 0 heterocycles. The maximum Gasteiger partial charge on any atom is 0.323 e. The van der Waals surface area contributed by atoms with Crippen LogP contribution in [0, 0.1) is 0 Å². The number of hydrogen-bond acceptors (Lipinski definition) is 4. The fraction of sp³-hybridized carbons (Fsp3) is 0.0714. The van der Waals surface area contributed by atoms with E-state index in [2.05, 4.69) is 10.6 Å². The Balaban J connectivity index is 1.99. The van der Waals surface area contributed by atoms with Crippen molar-refractivity contribution in [3.63, 3.8) is 0 Å². The molecule has 2 rings (SSSR count). The monoisotopic (exact) mass is 321 g/mol. The molecule has 0 radical (unpaired) electrons. The van der Waals surface area contributed by atoms with Gasteiger partial charge in [0.1, 0.15) is 5.75 Å². The quantitative estimate of drug-likeness (QED) is 0.799. The highest BCUT2D eigenvalue weighted by Gasteiger charge is 2.08. The third-order valence-electron chi connectivity index (χ3n) is 2.79. The number of benzene rings is 2. The highest BCUT2D eigenvalue weighted by Crippen LogP contribution is 2.16. The van der Waals surface area contributed by atoms with Gasteiger partial charge in [-0.2, -0.15) is 0 Å². The van der Waals surface area contributed by atoms with Gasteiger partial charge in [0.15, 0.2) is 0 Å². The lowest BCUT2D eigenvalue weighted by Gasteiger charge is -2.08. The summed E-state index contributed by atoms with van der Waals surface area (Å²) < 4.78 is 27.3. The van der Waals surface area contributed by atoms with Crippen LogP contribution < -0.4 is 20.5 Å². The van der Waals surface area contributed by atoms with Gasteiger partial charge in [0.05, 0.1) is 12.0 Å². The second-order valence-electron chi connectivity index (χ2n) is 4.38. The Kier molecular flexibility index (Phi) is 4.64. The molecule has 2 aromatic rings. The van der Waals surface area contributed by atoms with Crippen molar-refractivity contribution in [2.24, 2.45) is 5.14 Å². The number of urea groups is 1. The summed E-state index contributed by atoms with van der Waals surface area (Å²) in [5.41, 5.74) is 1.04. The second-order valence-corrected chi connectivity index (χ2v) is 5.94. The van der Waals surface area contributed by atoms with Crippen molar-refractivity contribution < 1.29 is 17.9 Å². The molecule has 0 fully saturated rings. The summed E-state index contributed by atoms with van der Waals surface area (Å²) in [6.45, 7) is 0. The number of nitrogens with one attached hydrogen (secondary N) is 2. The average Bonchev–Trinajstić information content (AvgIpc) is 2.47. The minimum absolute atomic E-state index is 0.0198. The van der Waals surface area contributed by atoms with E-state index in [-0.39, 0.29) is 4.90 Å². The van der Waals surface area contributed by atoms with Crippen molar-refractivity contribution in [3.05, 3.63) is 48.5 Å². The average molecular weight is 321 g/mol. The van der Waals surface area contributed by atoms with E-state index in [1.165, 1.54) is 24.3 Å². The van der Waals surface area contributed by atoms with E-state index in [9.17, 15) is 13.2 Å². The van der Waals surface area contributed by atoms with Gasteiger partial charge in [-0.25, -0.2) is 18.4 Å². The number of nitrogens with two attached hydrogens (primary N) is 1. The number of carbonyl (C=O) groups is 1. The van der Waals surface area contributed by atoms with Gasteiger partial charge in [-0.1, -0.05) is 0 Å². The standard InChI is InChI=1S/C14H15N3O4S/c1-21-12-6-2-10(3-7-12)16-14(18)17-11-4-8-13(9-5-11)22(15,19)20/h2-9H,1H3,(H2,15,19,20)(H2,16,17,18). The number of carbonyl (C=O) groups excluding carboxylic acids is 1. The molecular weight excluding hydrogens is 306 g/mol. The smallest absolute Gasteiger partial charge is 0.323 e. The van der Waals surface area contributed by atoms with Gasteiger partial charge >= 0.3 is 6.03 Å². The fourth-order valence-corrected chi connectivity index (χ4v) is 2.21. The number of anilines is 2. The van der Waals surface area contributed by atoms with Gasteiger partial charge in [-0.05, 0) is 48.5 Å². The minimum atomic E-state index is -3.74. The largest absolute Gasteiger partial charge is 0.497 e. The highest BCUT2D eigenvalue weighted by molar-refractivity contribution is 7.89. The molecule has 4 N–H and O–H groups in total. The van der Waals surface area contributed by atoms with Gasteiger partial charge in [0.2, 0.25) is 10.0 Å². The fourth-order valence-electron chi connectivity index (χ4n) is 1.70. The predicted molar refractivity (Wildman–Crippen MR) is 83.5 cm³/mol. The van der Waals surface area contributed by atoms with E-state index in [0.29, 0.717) is 17.1 Å². The van der Waals surface area contributed by atoms with Crippen LogP contribution >= 0.6 is 0 Å². The molecule has 0 saturated heterocycles. The van der Waals surface area contributed by atoms with E-state index in [4.69, 9.17) is 9.88 Å². The van der Waals surface area contributed by atoms with Crippen molar-refractivity contribution in [3.8, 4) is 5.75 Å². The summed E-state index contributed by atoms with van der Waals surface area (Å²) in [5, 5.41) is 10.2. The number of hydrogen-bond donors (Lipinski definition) is 3. The molecule has 8 heteroatoms. The maximum absolute atomic E-state index is 11.8. The second kappa shape index (κ2) is 6.46. The molecule has 0 atom stereocenters. The Morgan fingerprint density at radius 1 is 0.955 bits per heavy atom. The lowest BCUT2D eigenvalue weighted by atomic mass is 10.3.